The number of rotatable bonds is 7. The Morgan fingerprint density at radius 2 is 1.86 bits per heavy atom. The molecule has 21 heavy (non-hydrogen) atoms. The Balaban J connectivity index is 1.97. The minimum absolute atomic E-state index is 0.0204. The molecule has 0 unspecified atom stereocenters. The zero-order chi connectivity index (χ0) is 15.3. The lowest BCUT2D eigenvalue weighted by Crippen LogP contribution is -2.38. The van der Waals surface area contributed by atoms with Gasteiger partial charge in [0.05, 0.1) is 19.5 Å². The summed E-state index contributed by atoms with van der Waals surface area (Å²) >= 11 is 0. The van der Waals surface area contributed by atoms with Gasteiger partial charge in [0.15, 0.2) is 0 Å². The van der Waals surface area contributed by atoms with Crippen LogP contribution in [0.25, 0.3) is 5.69 Å². The van der Waals surface area contributed by atoms with Crippen molar-refractivity contribution in [1.82, 2.24) is 14.5 Å². The third-order valence-corrected chi connectivity index (χ3v) is 3.61. The molecule has 0 aliphatic rings. The maximum absolute atomic E-state index is 9.35. The van der Waals surface area contributed by atoms with E-state index in [1.807, 2.05) is 24.7 Å². The molecule has 1 heterocycles. The van der Waals surface area contributed by atoms with E-state index in [0.717, 1.165) is 12.2 Å². The summed E-state index contributed by atoms with van der Waals surface area (Å²) in [5.41, 5.74) is 1.81. The van der Waals surface area contributed by atoms with Crippen molar-refractivity contribution in [1.29, 1.82) is 0 Å². The Labute approximate surface area is 125 Å². The SMILES string of the molecule is CN(Cc1ccc(-n2ccnc2)cc1)CC(C)(CO)CO. The van der Waals surface area contributed by atoms with Crippen LogP contribution in [0.1, 0.15) is 12.5 Å². The average Bonchev–Trinajstić information content (AvgIpc) is 3.02. The first-order valence-electron chi connectivity index (χ1n) is 7.04. The quantitative estimate of drug-likeness (QED) is 0.806. The lowest BCUT2D eigenvalue weighted by molar-refractivity contribution is 0.0402. The molecule has 114 valence electrons. The molecule has 0 saturated heterocycles. The van der Waals surface area contributed by atoms with Gasteiger partial charge in [-0.1, -0.05) is 19.1 Å². The molecule has 2 rings (SSSR count). The van der Waals surface area contributed by atoms with Crippen molar-refractivity contribution in [3.8, 4) is 5.69 Å². The fourth-order valence-corrected chi connectivity index (χ4v) is 2.35. The number of hydrogen-bond donors (Lipinski definition) is 2. The fourth-order valence-electron chi connectivity index (χ4n) is 2.35. The third-order valence-electron chi connectivity index (χ3n) is 3.61. The molecule has 5 heteroatoms. The maximum atomic E-state index is 9.35. The van der Waals surface area contributed by atoms with Gasteiger partial charge < -0.3 is 19.7 Å². The summed E-state index contributed by atoms with van der Waals surface area (Å²) in [6.45, 7) is 3.26. The fraction of sp³-hybridized carbons (Fsp3) is 0.438. The first kappa shape index (κ1) is 15.7. The summed E-state index contributed by atoms with van der Waals surface area (Å²) in [7, 11) is 1.99. The van der Waals surface area contributed by atoms with E-state index in [1.165, 1.54) is 5.56 Å². The van der Waals surface area contributed by atoms with Gasteiger partial charge in [-0.2, -0.15) is 0 Å². The second-order valence-electron chi connectivity index (χ2n) is 5.94. The highest BCUT2D eigenvalue weighted by Crippen LogP contribution is 2.17. The van der Waals surface area contributed by atoms with Crippen LogP contribution >= 0.6 is 0 Å². The third kappa shape index (κ3) is 4.14. The van der Waals surface area contributed by atoms with Crippen LogP contribution in [0.2, 0.25) is 0 Å². The molecular weight excluding hydrogens is 266 g/mol. The van der Waals surface area contributed by atoms with Crippen molar-refractivity contribution in [2.75, 3.05) is 26.8 Å². The number of aliphatic hydroxyl groups excluding tert-OH is 2. The van der Waals surface area contributed by atoms with Crippen molar-refractivity contribution >= 4 is 0 Å². The van der Waals surface area contributed by atoms with Gasteiger partial charge >= 0.3 is 0 Å². The summed E-state index contributed by atoms with van der Waals surface area (Å²) in [5.74, 6) is 0. The van der Waals surface area contributed by atoms with Crippen molar-refractivity contribution in [3.05, 3.63) is 48.5 Å². The van der Waals surface area contributed by atoms with Crippen molar-refractivity contribution in [2.24, 2.45) is 5.41 Å². The minimum atomic E-state index is -0.467. The first-order valence-corrected chi connectivity index (χ1v) is 7.04. The molecule has 5 nitrogen and oxygen atoms in total. The lowest BCUT2D eigenvalue weighted by atomic mass is 9.92. The molecule has 0 radical (unpaired) electrons. The van der Waals surface area contributed by atoms with E-state index in [-0.39, 0.29) is 13.2 Å². The molecule has 0 aliphatic carbocycles. The van der Waals surface area contributed by atoms with E-state index < -0.39 is 5.41 Å². The molecule has 2 aromatic rings. The van der Waals surface area contributed by atoms with E-state index in [0.29, 0.717) is 6.54 Å². The molecular formula is C16H23N3O2. The Bertz CT molecular complexity index is 533. The Hall–Kier alpha value is -1.69. The highest BCUT2D eigenvalue weighted by molar-refractivity contribution is 5.34. The van der Waals surface area contributed by atoms with Crippen molar-refractivity contribution in [3.63, 3.8) is 0 Å². The number of benzene rings is 1. The standard InChI is InChI=1S/C16H23N3O2/c1-16(11-20,12-21)10-18(2)9-14-3-5-15(6-4-14)19-8-7-17-13-19/h3-8,13,20-21H,9-12H2,1-2H3. The molecule has 0 amide bonds. The van der Waals surface area contributed by atoms with Crippen molar-refractivity contribution < 1.29 is 10.2 Å². The van der Waals surface area contributed by atoms with Crippen LogP contribution in [0.15, 0.2) is 43.0 Å². The van der Waals surface area contributed by atoms with Gasteiger partial charge in [-0.15, -0.1) is 0 Å². The molecule has 0 atom stereocenters. The predicted octanol–water partition coefficient (Wildman–Crippen LogP) is 1.29. The van der Waals surface area contributed by atoms with E-state index in [1.54, 1.807) is 12.5 Å². The lowest BCUT2D eigenvalue weighted by Gasteiger charge is -2.30. The first-order chi connectivity index (χ1) is 10.1. The van der Waals surface area contributed by atoms with Gasteiger partial charge in [-0.25, -0.2) is 4.98 Å². The summed E-state index contributed by atoms with van der Waals surface area (Å²) in [4.78, 5) is 6.15. The van der Waals surface area contributed by atoms with E-state index >= 15 is 0 Å². The molecule has 1 aromatic heterocycles. The van der Waals surface area contributed by atoms with Gasteiger partial charge in [-0.3, -0.25) is 0 Å². The number of aromatic nitrogens is 2. The van der Waals surface area contributed by atoms with E-state index in [9.17, 15) is 10.2 Å². The van der Waals surface area contributed by atoms with Crippen LogP contribution in [0.3, 0.4) is 0 Å². The molecule has 0 aliphatic heterocycles. The van der Waals surface area contributed by atoms with Gasteiger partial charge in [0.25, 0.3) is 0 Å². The van der Waals surface area contributed by atoms with Gasteiger partial charge in [0.1, 0.15) is 0 Å². The van der Waals surface area contributed by atoms with Gasteiger partial charge in [0, 0.05) is 36.6 Å². The van der Waals surface area contributed by atoms with Crippen LogP contribution in [0.5, 0.6) is 0 Å². The zero-order valence-corrected chi connectivity index (χ0v) is 12.6. The predicted molar refractivity (Wildman–Crippen MR) is 82.2 cm³/mol. The molecule has 0 fully saturated rings. The number of aliphatic hydroxyl groups is 2. The van der Waals surface area contributed by atoms with Crippen LogP contribution in [-0.4, -0.2) is 51.5 Å². The smallest absolute Gasteiger partial charge is 0.0991 e. The van der Waals surface area contributed by atoms with Crippen LogP contribution in [0.4, 0.5) is 0 Å². The number of nitrogens with zero attached hydrogens (tertiary/aromatic N) is 3. The topological polar surface area (TPSA) is 61.5 Å². The minimum Gasteiger partial charge on any atom is -0.396 e. The Morgan fingerprint density at radius 3 is 2.38 bits per heavy atom. The molecule has 2 N–H and O–H groups in total. The number of imidazole rings is 1. The normalized spacial score (nSPS) is 12.0. The van der Waals surface area contributed by atoms with Gasteiger partial charge in [-0.05, 0) is 24.7 Å². The Morgan fingerprint density at radius 1 is 1.19 bits per heavy atom. The summed E-state index contributed by atoms with van der Waals surface area (Å²) in [5, 5.41) is 18.7. The average molecular weight is 289 g/mol. The molecule has 1 aromatic carbocycles. The van der Waals surface area contributed by atoms with E-state index in [4.69, 9.17) is 0 Å². The molecule has 0 spiro atoms. The molecule has 0 saturated carbocycles. The number of hydrogen-bond acceptors (Lipinski definition) is 4. The maximum Gasteiger partial charge on any atom is 0.0991 e. The summed E-state index contributed by atoms with van der Waals surface area (Å²) in [6, 6.07) is 8.28. The Kier molecular flexibility index (Phi) is 5.12. The van der Waals surface area contributed by atoms with E-state index in [2.05, 4.69) is 34.1 Å². The summed E-state index contributed by atoms with van der Waals surface area (Å²) in [6.07, 6.45) is 5.44. The molecule has 0 bridgehead atoms. The highest BCUT2D eigenvalue weighted by atomic mass is 16.3. The van der Waals surface area contributed by atoms with Gasteiger partial charge in [0.2, 0.25) is 0 Å². The zero-order valence-electron chi connectivity index (χ0n) is 12.6. The highest BCUT2D eigenvalue weighted by Gasteiger charge is 2.24. The van der Waals surface area contributed by atoms with Crippen LogP contribution in [0, 0.1) is 5.41 Å². The largest absolute Gasteiger partial charge is 0.396 e. The second-order valence-corrected chi connectivity index (χ2v) is 5.94. The van der Waals surface area contributed by atoms with Crippen LogP contribution < -0.4 is 0 Å². The van der Waals surface area contributed by atoms with Crippen LogP contribution in [-0.2, 0) is 6.54 Å². The second kappa shape index (κ2) is 6.85. The van der Waals surface area contributed by atoms with Crippen molar-refractivity contribution in [2.45, 2.75) is 13.5 Å². The summed E-state index contributed by atoms with van der Waals surface area (Å²) < 4.78 is 1.96. The monoisotopic (exact) mass is 289 g/mol.